The van der Waals surface area contributed by atoms with E-state index in [2.05, 4.69) is 20.6 Å². The lowest BCUT2D eigenvalue weighted by molar-refractivity contribution is 0.0203. The van der Waals surface area contributed by atoms with Crippen molar-refractivity contribution in [3.05, 3.63) is 54.0 Å². The Morgan fingerprint density at radius 1 is 1.19 bits per heavy atom. The second-order valence-electron chi connectivity index (χ2n) is 7.66. The van der Waals surface area contributed by atoms with Crippen LogP contribution in [-0.4, -0.2) is 50.5 Å². The Balaban J connectivity index is 1.41. The summed E-state index contributed by atoms with van der Waals surface area (Å²) in [7, 11) is 0. The second kappa shape index (κ2) is 13.6. The molecular weight excluding hydrogens is 411 g/mol. The van der Waals surface area contributed by atoms with Crippen LogP contribution in [0.4, 0.5) is 4.39 Å². The van der Waals surface area contributed by atoms with Gasteiger partial charge >= 0.3 is 0 Å². The van der Waals surface area contributed by atoms with Crippen molar-refractivity contribution in [3.63, 3.8) is 0 Å². The molecule has 0 aliphatic carbocycles. The van der Waals surface area contributed by atoms with Gasteiger partial charge in [0.15, 0.2) is 5.96 Å². The van der Waals surface area contributed by atoms with Crippen LogP contribution in [0, 0.1) is 11.7 Å². The van der Waals surface area contributed by atoms with Crippen molar-refractivity contribution >= 4 is 5.96 Å². The summed E-state index contributed by atoms with van der Waals surface area (Å²) in [5.41, 5.74) is 0.967. The van der Waals surface area contributed by atoms with Gasteiger partial charge in [-0.25, -0.2) is 14.4 Å². The van der Waals surface area contributed by atoms with E-state index in [0.717, 1.165) is 70.3 Å². The molecule has 0 unspecified atom stereocenters. The molecule has 0 spiro atoms. The monoisotopic (exact) mass is 444 g/mol. The summed E-state index contributed by atoms with van der Waals surface area (Å²) in [6, 6.07) is 9.58. The van der Waals surface area contributed by atoms with E-state index in [9.17, 15) is 4.39 Å². The molecule has 8 heteroatoms. The summed E-state index contributed by atoms with van der Waals surface area (Å²) in [5.74, 6) is 2.07. The average Bonchev–Trinajstić information content (AvgIpc) is 2.82. The topological polar surface area (TPSA) is 77.0 Å². The molecule has 1 aromatic heterocycles. The number of benzene rings is 1. The largest absolute Gasteiger partial charge is 0.439 e. The number of hydrogen-bond donors (Lipinski definition) is 2. The second-order valence-corrected chi connectivity index (χ2v) is 7.66. The third kappa shape index (κ3) is 8.80. The molecular formula is C24H33FN4O3. The van der Waals surface area contributed by atoms with Crippen molar-refractivity contribution in [2.45, 2.75) is 32.7 Å². The van der Waals surface area contributed by atoms with E-state index in [1.165, 1.54) is 12.1 Å². The zero-order valence-electron chi connectivity index (χ0n) is 18.7. The molecule has 3 rings (SSSR count). The zero-order chi connectivity index (χ0) is 22.4. The van der Waals surface area contributed by atoms with Gasteiger partial charge in [-0.3, -0.25) is 0 Å². The van der Waals surface area contributed by atoms with E-state index in [1.54, 1.807) is 18.3 Å². The number of pyridine rings is 1. The number of aromatic nitrogens is 1. The van der Waals surface area contributed by atoms with E-state index in [-0.39, 0.29) is 5.82 Å². The summed E-state index contributed by atoms with van der Waals surface area (Å²) in [5, 5.41) is 6.60. The minimum Gasteiger partial charge on any atom is -0.439 e. The molecule has 32 heavy (non-hydrogen) atoms. The van der Waals surface area contributed by atoms with Crippen molar-refractivity contribution in [3.8, 4) is 11.6 Å². The van der Waals surface area contributed by atoms with Gasteiger partial charge in [0.05, 0.1) is 6.54 Å². The Labute approximate surface area is 189 Å². The maximum absolute atomic E-state index is 13.0. The van der Waals surface area contributed by atoms with Crippen LogP contribution < -0.4 is 15.4 Å². The van der Waals surface area contributed by atoms with E-state index < -0.39 is 0 Å². The number of aliphatic imine (C=N–C) groups is 1. The molecule has 0 amide bonds. The van der Waals surface area contributed by atoms with E-state index >= 15 is 0 Å². The van der Waals surface area contributed by atoms with Gasteiger partial charge in [-0.05, 0) is 68.0 Å². The van der Waals surface area contributed by atoms with Gasteiger partial charge < -0.3 is 24.8 Å². The molecule has 0 radical (unpaired) electrons. The van der Waals surface area contributed by atoms with Gasteiger partial charge in [0, 0.05) is 51.8 Å². The van der Waals surface area contributed by atoms with Gasteiger partial charge in [0.1, 0.15) is 11.6 Å². The molecule has 7 nitrogen and oxygen atoms in total. The molecule has 1 aliphatic rings. The van der Waals surface area contributed by atoms with Gasteiger partial charge in [-0.1, -0.05) is 0 Å². The van der Waals surface area contributed by atoms with Gasteiger partial charge in [0.25, 0.3) is 0 Å². The Morgan fingerprint density at radius 3 is 2.78 bits per heavy atom. The predicted molar refractivity (Wildman–Crippen MR) is 123 cm³/mol. The molecule has 0 atom stereocenters. The highest BCUT2D eigenvalue weighted by molar-refractivity contribution is 5.79. The van der Waals surface area contributed by atoms with Crippen molar-refractivity contribution < 1.29 is 18.6 Å². The Kier molecular flexibility index (Phi) is 10.2. The number of guanidine groups is 1. The van der Waals surface area contributed by atoms with Crippen LogP contribution in [0.5, 0.6) is 11.6 Å². The molecule has 2 heterocycles. The number of nitrogens with zero attached hydrogens (tertiary/aromatic N) is 2. The first kappa shape index (κ1) is 23.9. The smallest absolute Gasteiger partial charge is 0.219 e. The summed E-state index contributed by atoms with van der Waals surface area (Å²) in [6.07, 6.45) is 4.79. The van der Waals surface area contributed by atoms with Crippen LogP contribution >= 0.6 is 0 Å². The lowest BCUT2D eigenvalue weighted by Gasteiger charge is -2.21. The van der Waals surface area contributed by atoms with Crippen molar-refractivity contribution in [1.82, 2.24) is 15.6 Å². The summed E-state index contributed by atoms with van der Waals surface area (Å²) < 4.78 is 29.9. The summed E-state index contributed by atoms with van der Waals surface area (Å²) in [6.45, 7) is 7.36. The van der Waals surface area contributed by atoms with Gasteiger partial charge in [-0.15, -0.1) is 0 Å². The van der Waals surface area contributed by atoms with Crippen LogP contribution in [-0.2, 0) is 16.0 Å². The zero-order valence-corrected chi connectivity index (χ0v) is 18.7. The Hall–Kier alpha value is -2.71. The number of ether oxygens (including phenoxy) is 3. The highest BCUT2D eigenvalue weighted by Crippen LogP contribution is 2.20. The third-order valence-electron chi connectivity index (χ3n) is 5.05. The summed E-state index contributed by atoms with van der Waals surface area (Å²) in [4.78, 5) is 8.86. The fraction of sp³-hybridized carbons (Fsp3) is 0.500. The molecule has 1 fully saturated rings. The fourth-order valence-electron chi connectivity index (χ4n) is 3.28. The molecule has 1 saturated heterocycles. The van der Waals surface area contributed by atoms with E-state index in [1.807, 2.05) is 19.1 Å². The van der Waals surface area contributed by atoms with E-state index in [4.69, 9.17) is 14.2 Å². The minimum atomic E-state index is -0.303. The van der Waals surface area contributed by atoms with Crippen LogP contribution in [0.15, 0.2) is 47.6 Å². The lowest BCUT2D eigenvalue weighted by atomic mass is 10.0. The maximum atomic E-state index is 13.0. The number of hydrogen-bond acceptors (Lipinski definition) is 5. The molecule has 1 aromatic carbocycles. The third-order valence-corrected chi connectivity index (χ3v) is 5.05. The van der Waals surface area contributed by atoms with Gasteiger partial charge in [0.2, 0.25) is 5.88 Å². The Bertz CT molecular complexity index is 826. The minimum absolute atomic E-state index is 0.303. The number of rotatable bonds is 11. The van der Waals surface area contributed by atoms with Crippen LogP contribution in [0.2, 0.25) is 0 Å². The fourth-order valence-corrected chi connectivity index (χ4v) is 3.28. The molecule has 0 bridgehead atoms. The quantitative estimate of drug-likeness (QED) is 0.311. The molecule has 0 saturated carbocycles. The molecule has 2 aromatic rings. The predicted octanol–water partition coefficient (Wildman–Crippen LogP) is 3.90. The normalized spacial score (nSPS) is 14.9. The molecule has 1 aliphatic heterocycles. The standard InChI is InChI=1S/C24H33FN4O3/c1-2-26-24(28-11-3-13-31-18-19-9-14-30-15-10-19)29-17-20-8-12-27-23(16-20)32-22-6-4-21(25)5-7-22/h4-8,12,16,19H,2-3,9-11,13-15,17-18H2,1H3,(H2,26,28,29). The first-order valence-corrected chi connectivity index (χ1v) is 11.3. The van der Waals surface area contributed by atoms with Crippen LogP contribution in [0.1, 0.15) is 31.7 Å². The highest BCUT2D eigenvalue weighted by Gasteiger charge is 2.13. The maximum Gasteiger partial charge on any atom is 0.219 e. The highest BCUT2D eigenvalue weighted by atomic mass is 19.1. The first-order valence-electron chi connectivity index (χ1n) is 11.3. The van der Waals surface area contributed by atoms with Crippen molar-refractivity contribution in [2.24, 2.45) is 10.9 Å². The first-order chi connectivity index (χ1) is 15.7. The number of halogens is 1. The van der Waals surface area contributed by atoms with E-state index in [0.29, 0.717) is 24.1 Å². The Morgan fingerprint density at radius 2 is 2.00 bits per heavy atom. The average molecular weight is 445 g/mol. The lowest BCUT2D eigenvalue weighted by Crippen LogP contribution is -2.38. The van der Waals surface area contributed by atoms with Crippen molar-refractivity contribution in [2.75, 3.05) is 39.5 Å². The number of nitrogens with one attached hydrogen (secondary N) is 2. The SMILES string of the molecule is CCNC(=NCc1ccnc(Oc2ccc(F)cc2)c1)NCCCOCC1CCOCC1. The van der Waals surface area contributed by atoms with Crippen molar-refractivity contribution in [1.29, 1.82) is 0 Å². The van der Waals surface area contributed by atoms with Gasteiger partial charge in [-0.2, -0.15) is 0 Å². The summed E-state index contributed by atoms with van der Waals surface area (Å²) >= 11 is 0. The van der Waals surface area contributed by atoms with Crippen LogP contribution in [0.25, 0.3) is 0 Å². The molecule has 2 N–H and O–H groups in total. The van der Waals surface area contributed by atoms with Crippen LogP contribution in [0.3, 0.4) is 0 Å². The molecule has 174 valence electrons.